The Labute approximate surface area is 113 Å². The number of nitrogens with zero attached hydrogens (tertiary/aromatic N) is 1. The highest BCUT2D eigenvalue weighted by molar-refractivity contribution is 5.58. The second kappa shape index (κ2) is 5.99. The van der Waals surface area contributed by atoms with Crippen LogP contribution in [0.25, 0.3) is 11.3 Å². The predicted octanol–water partition coefficient (Wildman–Crippen LogP) is 2.35. The van der Waals surface area contributed by atoms with Crippen LogP contribution in [-0.4, -0.2) is 29.5 Å². The van der Waals surface area contributed by atoms with E-state index in [9.17, 15) is 0 Å². The minimum Gasteiger partial charge on any atom is -0.381 e. The van der Waals surface area contributed by atoms with E-state index >= 15 is 0 Å². The lowest BCUT2D eigenvalue weighted by atomic mass is 10.1. The van der Waals surface area contributed by atoms with E-state index in [4.69, 9.17) is 4.74 Å². The molecule has 0 atom stereocenters. The van der Waals surface area contributed by atoms with E-state index in [0.29, 0.717) is 6.04 Å². The Bertz CT molecular complexity index is 487. The number of hydrogen-bond acceptors (Lipinski definition) is 3. The van der Waals surface area contributed by atoms with Gasteiger partial charge >= 0.3 is 0 Å². The summed E-state index contributed by atoms with van der Waals surface area (Å²) in [4.78, 5) is 0. The van der Waals surface area contributed by atoms with Crippen LogP contribution in [0.2, 0.25) is 0 Å². The highest BCUT2D eigenvalue weighted by Gasteiger charge is 2.12. The fourth-order valence-corrected chi connectivity index (χ4v) is 2.38. The van der Waals surface area contributed by atoms with Crippen molar-refractivity contribution in [3.05, 3.63) is 42.1 Å². The molecule has 0 saturated carbocycles. The summed E-state index contributed by atoms with van der Waals surface area (Å²) >= 11 is 0. The fraction of sp³-hybridized carbons (Fsp3) is 0.400. The number of hydrogen-bond donors (Lipinski definition) is 2. The Kier molecular flexibility index (Phi) is 3.91. The molecule has 100 valence electrons. The van der Waals surface area contributed by atoms with Crippen molar-refractivity contribution in [2.75, 3.05) is 13.2 Å². The van der Waals surface area contributed by atoms with Gasteiger partial charge in [0.15, 0.2) is 0 Å². The monoisotopic (exact) mass is 257 g/mol. The molecule has 2 heterocycles. The standard InChI is InChI=1S/C15H19N3O/c1-3-13(15-5-8-17-18-15)4-2-12(1)11-16-14-6-9-19-10-7-14/h1-5,8,14,16H,6-7,9-11H2,(H,17,18). The summed E-state index contributed by atoms with van der Waals surface area (Å²) < 4.78 is 5.36. The molecule has 1 saturated heterocycles. The van der Waals surface area contributed by atoms with E-state index < -0.39 is 0 Å². The minimum absolute atomic E-state index is 0.598. The molecule has 19 heavy (non-hydrogen) atoms. The van der Waals surface area contributed by atoms with Gasteiger partial charge in [0.1, 0.15) is 0 Å². The molecule has 2 aromatic rings. The van der Waals surface area contributed by atoms with Crippen molar-refractivity contribution < 1.29 is 4.74 Å². The third-order valence-corrected chi connectivity index (χ3v) is 3.58. The van der Waals surface area contributed by atoms with Crippen molar-refractivity contribution in [1.82, 2.24) is 15.5 Å². The summed E-state index contributed by atoms with van der Waals surface area (Å²) in [7, 11) is 0. The zero-order chi connectivity index (χ0) is 12.9. The van der Waals surface area contributed by atoms with Gasteiger partial charge in [0.2, 0.25) is 0 Å². The average molecular weight is 257 g/mol. The quantitative estimate of drug-likeness (QED) is 0.884. The maximum absolute atomic E-state index is 5.36. The summed E-state index contributed by atoms with van der Waals surface area (Å²) in [6.07, 6.45) is 4.01. The van der Waals surface area contributed by atoms with Crippen LogP contribution in [0, 0.1) is 0 Å². The molecular formula is C15H19N3O. The fourth-order valence-electron chi connectivity index (χ4n) is 2.38. The Morgan fingerprint density at radius 3 is 2.63 bits per heavy atom. The molecule has 1 aliphatic rings. The van der Waals surface area contributed by atoms with Crippen LogP contribution in [0.1, 0.15) is 18.4 Å². The van der Waals surface area contributed by atoms with Gasteiger partial charge in [-0.2, -0.15) is 5.10 Å². The largest absolute Gasteiger partial charge is 0.381 e. The summed E-state index contributed by atoms with van der Waals surface area (Å²) in [6, 6.07) is 11.2. The van der Waals surface area contributed by atoms with Crippen LogP contribution >= 0.6 is 0 Å². The molecular weight excluding hydrogens is 238 g/mol. The molecule has 1 aliphatic heterocycles. The van der Waals surface area contributed by atoms with E-state index in [2.05, 4.69) is 39.8 Å². The van der Waals surface area contributed by atoms with E-state index in [0.717, 1.165) is 38.3 Å². The second-order valence-electron chi connectivity index (χ2n) is 4.93. The minimum atomic E-state index is 0.598. The number of benzene rings is 1. The summed E-state index contributed by atoms with van der Waals surface area (Å²) in [5.41, 5.74) is 3.55. The highest BCUT2D eigenvalue weighted by atomic mass is 16.5. The lowest BCUT2D eigenvalue weighted by Gasteiger charge is -2.23. The van der Waals surface area contributed by atoms with Crippen molar-refractivity contribution in [3.8, 4) is 11.3 Å². The molecule has 0 unspecified atom stereocenters. The molecule has 0 bridgehead atoms. The van der Waals surface area contributed by atoms with Crippen LogP contribution < -0.4 is 5.32 Å². The van der Waals surface area contributed by atoms with Crippen LogP contribution in [-0.2, 0) is 11.3 Å². The van der Waals surface area contributed by atoms with Crippen molar-refractivity contribution >= 4 is 0 Å². The summed E-state index contributed by atoms with van der Waals surface area (Å²) in [5.74, 6) is 0. The lowest BCUT2D eigenvalue weighted by Crippen LogP contribution is -2.34. The van der Waals surface area contributed by atoms with Gasteiger partial charge in [-0.3, -0.25) is 5.10 Å². The Morgan fingerprint density at radius 2 is 1.95 bits per heavy atom. The zero-order valence-corrected chi connectivity index (χ0v) is 10.9. The molecule has 2 N–H and O–H groups in total. The molecule has 0 aliphatic carbocycles. The van der Waals surface area contributed by atoms with E-state index in [1.165, 1.54) is 11.1 Å². The van der Waals surface area contributed by atoms with Gasteiger partial charge in [-0.05, 0) is 30.0 Å². The molecule has 4 nitrogen and oxygen atoms in total. The van der Waals surface area contributed by atoms with Gasteiger partial charge in [-0.15, -0.1) is 0 Å². The number of rotatable bonds is 4. The second-order valence-corrected chi connectivity index (χ2v) is 4.93. The van der Waals surface area contributed by atoms with E-state index in [-0.39, 0.29) is 0 Å². The molecule has 0 amide bonds. The van der Waals surface area contributed by atoms with Crippen molar-refractivity contribution in [2.24, 2.45) is 0 Å². The van der Waals surface area contributed by atoms with Crippen molar-refractivity contribution in [1.29, 1.82) is 0 Å². The number of aromatic nitrogens is 2. The molecule has 1 fully saturated rings. The normalized spacial score (nSPS) is 16.6. The summed E-state index contributed by atoms with van der Waals surface area (Å²) in [5, 5.41) is 10.5. The predicted molar refractivity (Wildman–Crippen MR) is 74.7 cm³/mol. The van der Waals surface area contributed by atoms with Gasteiger partial charge < -0.3 is 10.1 Å². The number of ether oxygens (including phenoxy) is 1. The SMILES string of the molecule is c1cc(-c2ccc(CNC3CCOCC3)cc2)[nH]n1. The lowest BCUT2D eigenvalue weighted by molar-refractivity contribution is 0.0776. The number of nitrogens with one attached hydrogen (secondary N) is 2. The molecule has 1 aromatic heterocycles. The third kappa shape index (κ3) is 3.22. The molecule has 0 radical (unpaired) electrons. The number of H-pyrrole nitrogens is 1. The first-order valence-electron chi connectivity index (χ1n) is 6.81. The zero-order valence-electron chi connectivity index (χ0n) is 10.9. The van der Waals surface area contributed by atoms with Crippen LogP contribution in [0.3, 0.4) is 0 Å². The van der Waals surface area contributed by atoms with Crippen molar-refractivity contribution in [3.63, 3.8) is 0 Å². The van der Waals surface area contributed by atoms with Gasteiger partial charge in [-0.1, -0.05) is 24.3 Å². The Balaban J connectivity index is 1.57. The van der Waals surface area contributed by atoms with E-state index in [1.54, 1.807) is 6.20 Å². The third-order valence-electron chi connectivity index (χ3n) is 3.58. The van der Waals surface area contributed by atoms with Gasteiger partial charge in [0.25, 0.3) is 0 Å². The van der Waals surface area contributed by atoms with Gasteiger partial charge in [0, 0.05) is 32.0 Å². The van der Waals surface area contributed by atoms with Gasteiger partial charge in [-0.25, -0.2) is 0 Å². The first-order valence-corrected chi connectivity index (χ1v) is 6.81. The van der Waals surface area contributed by atoms with Gasteiger partial charge in [0.05, 0.1) is 5.69 Å². The van der Waals surface area contributed by atoms with E-state index in [1.807, 2.05) is 6.07 Å². The molecule has 1 aromatic carbocycles. The maximum atomic E-state index is 5.36. The average Bonchev–Trinajstić information content (AvgIpc) is 3.01. The van der Waals surface area contributed by atoms with Crippen LogP contribution in [0.5, 0.6) is 0 Å². The number of aromatic amines is 1. The smallest absolute Gasteiger partial charge is 0.0650 e. The highest BCUT2D eigenvalue weighted by Crippen LogP contribution is 2.17. The topological polar surface area (TPSA) is 49.9 Å². The van der Waals surface area contributed by atoms with Crippen molar-refractivity contribution in [2.45, 2.75) is 25.4 Å². The summed E-state index contributed by atoms with van der Waals surface area (Å²) in [6.45, 7) is 2.70. The Hall–Kier alpha value is -1.65. The Morgan fingerprint density at radius 1 is 1.16 bits per heavy atom. The molecule has 0 spiro atoms. The van der Waals surface area contributed by atoms with Crippen LogP contribution in [0.4, 0.5) is 0 Å². The maximum Gasteiger partial charge on any atom is 0.0650 e. The molecule has 4 heteroatoms. The van der Waals surface area contributed by atoms with Crippen LogP contribution in [0.15, 0.2) is 36.5 Å². The molecule has 3 rings (SSSR count). The first kappa shape index (κ1) is 12.4. The first-order chi connectivity index (χ1) is 9.42.